The van der Waals surface area contributed by atoms with Gasteiger partial charge in [0.25, 0.3) is 0 Å². The summed E-state index contributed by atoms with van der Waals surface area (Å²) in [6, 6.07) is 29.8. The maximum atomic E-state index is 12.6. The molecule has 42 heavy (non-hydrogen) atoms. The Balaban J connectivity index is 1.56. The minimum absolute atomic E-state index is 0.635. The summed E-state index contributed by atoms with van der Waals surface area (Å²) < 4.78 is 12.8. The molecule has 1 N–H and O–H groups in total. The summed E-state index contributed by atoms with van der Waals surface area (Å²) in [6.07, 6.45) is 5.86. The summed E-state index contributed by atoms with van der Waals surface area (Å²) in [6.45, 7) is 8.46. The van der Waals surface area contributed by atoms with E-state index in [1.807, 2.05) is 12.1 Å². The van der Waals surface area contributed by atoms with Crippen molar-refractivity contribution in [3.05, 3.63) is 136 Å². The predicted octanol–water partition coefficient (Wildman–Crippen LogP) is 9.14. The topological polar surface area (TPSA) is 38.7 Å². The standard InChI is InChI=1S/C39H36O3/c1-6-20-38(40)34-23-26(4)10-18-31(34)35-30-17-9-25(3)22-33(30)37-32(36(35)38)19-21-39(42-37,27-11-7-24(2)8-12-27)28-13-15-29(41-5)16-14-28/h7-19,21-23,40H,6,20H2,1-5H3. The van der Waals surface area contributed by atoms with Crippen molar-refractivity contribution in [2.75, 3.05) is 7.11 Å². The van der Waals surface area contributed by atoms with E-state index in [-0.39, 0.29) is 0 Å². The number of benzene rings is 5. The molecule has 0 amide bonds. The highest BCUT2D eigenvalue weighted by Crippen LogP contribution is 2.58. The zero-order valence-corrected chi connectivity index (χ0v) is 24.9. The molecule has 3 heteroatoms. The molecule has 0 radical (unpaired) electrons. The lowest BCUT2D eigenvalue weighted by Crippen LogP contribution is -2.35. The maximum absolute atomic E-state index is 12.6. The van der Waals surface area contributed by atoms with Crippen molar-refractivity contribution in [2.45, 2.75) is 51.7 Å². The van der Waals surface area contributed by atoms with Crippen LogP contribution in [0.4, 0.5) is 0 Å². The molecule has 0 aromatic heterocycles. The minimum atomic E-state index is -1.10. The summed E-state index contributed by atoms with van der Waals surface area (Å²) in [5.74, 6) is 1.61. The van der Waals surface area contributed by atoms with Crippen LogP contribution < -0.4 is 9.47 Å². The van der Waals surface area contributed by atoms with E-state index in [0.29, 0.717) is 6.42 Å². The van der Waals surface area contributed by atoms with Gasteiger partial charge in [-0.3, -0.25) is 0 Å². The second-order valence-corrected chi connectivity index (χ2v) is 12.0. The first-order chi connectivity index (χ1) is 20.3. The zero-order chi connectivity index (χ0) is 29.2. The highest BCUT2D eigenvalue weighted by Gasteiger charge is 2.47. The molecule has 0 bridgehead atoms. The molecule has 5 aromatic rings. The van der Waals surface area contributed by atoms with Gasteiger partial charge in [0.1, 0.15) is 17.1 Å². The van der Waals surface area contributed by atoms with Crippen molar-refractivity contribution >= 4 is 16.8 Å². The number of hydrogen-bond acceptors (Lipinski definition) is 3. The Labute approximate surface area is 248 Å². The van der Waals surface area contributed by atoms with E-state index in [1.165, 1.54) is 11.1 Å². The molecule has 3 nitrogen and oxygen atoms in total. The fraction of sp³-hybridized carbons (Fsp3) is 0.231. The van der Waals surface area contributed by atoms with Crippen LogP contribution in [0, 0.1) is 20.8 Å². The van der Waals surface area contributed by atoms with Gasteiger partial charge < -0.3 is 14.6 Å². The number of ether oxygens (including phenoxy) is 2. The summed E-state index contributed by atoms with van der Waals surface area (Å²) >= 11 is 0. The molecule has 2 aliphatic rings. The van der Waals surface area contributed by atoms with Gasteiger partial charge in [-0.05, 0) is 73.5 Å². The van der Waals surface area contributed by atoms with Crippen LogP contribution in [0.2, 0.25) is 0 Å². The second kappa shape index (κ2) is 9.61. The van der Waals surface area contributed by atoms with Crippen molar-refractivity contribution in [3.63, 3.8) is 0 Å². The van der Waals surface area contributed by atoms with Crippen LogP contribution in [0.3, 0.4) is 0 Å². The summed E-state index contributed by atoms with van der Waals surface area (Å²) in [4.78, 5) is 0. The van der Waals surface area contributed by atoms with Crippen LogP contribution in [-0.4, -0.2) is 12.2 Å². The van der Waals surface area contributed by atoms with E-state index in [9.17, 15) is 5.11 Å². The molecule has 0 saturated carbocycles. The van der Waals surface area contributed by atoms with E-state index in [1.54, 1.807) is 7.11 Å². The molecule has 2 atom stereocenters. The Morgan fingerprint density at radius 2 is 1.40 bits per heavy atom. The van der Waals surface area contributed by atoms with Gasteiger partial charge in [0.15, 0.2) is 5.60 Å². The van der Waals surface area contributed by atoms with Crippen LogP contribution in [0.15, 0.2) is 91.0 Å². The van der Waals surface area contributed by atoms with Crippen molar-refractivity contribution < 1.29 is 14.6 Å². The van der Waals surface area contributed by atoms with Crippen LogP contribution >= 0.6 is 0 Å². The number of aliphatic hydroxyl groups is 1. The number of methoxy groups -OCH3 is 1. The lowest BCUT2D eigenvalue weighted by Gasteiger charge is -2.38. The van der Waals surface area contributed by atoms with E-state index >= 15 is 0 Å². The average Bonchev–Trinajstić information content (AvgIpc) is 3.25. The van der Waals surface area contributed by atoms with Gasteiger partial charge in [0.2, 0.25) is 0 Å². The molecule has 7 rings (SSSR count). The monoisotopic (exact) mass is 552 g/mol. The highest BCUT2D eigenvalue weighted by molar-refractivity contribution is 6.08. The summed E-state index contributed by atoms with van der Waals surface area (Å²) in [5, 5.41) is 14.8. The number of fused-ring (bicyclic) bond motifs is 8. The molecule has 0 saturated heterocycles. The predicted molar refractivity (Wildman–Crippen MR) is 171 cm³/mol. The smallest absolute Gasteiger partial charge is 0.178 e. The highest BCUT2D eigenvalue weighted by atomic mass is 16.5. The van der Waals surface area contributed by atoms with Gasteiger partial charge in [-0.2, -0.15) is 0 Å². The molecule has 1 heterocycles. The molecule has 1 aliphatic heterocycles. The zero-order valence-electron chi connectivity index (χ0n) is 24.9. The molecular formula is C39H36O3. The van der Waals surface area contributed by atoms with Crippen molar-refractivity contribution in [1.29, 1.82) is 0 Å². The first kappa shape index (κ1) is 26.6. The van der Waals surface area contributed by atoms with Crippen LogP contribution in [0.25, 0.3) is 28.0 Å². The molecule has 0 spiro atoms. The Morgan fingerprint density at radius 3 is 2.10 bits per heavy atom. The fourth-order valence-corrected chi connectivity index (χ4v) is 7.06. The largest absolute Gasteiger partial charge is 0.497 e. The fourth-order valence-electron chi connectivity index (χ4n) is 7.06. The van der Waals surface area contributed by atoms with Gasteiger partial charge in [0.05, 0.1) is 7.11 Å². The summed E-state index contributed by atoms with van der Waals surface area (Å²) in [5.41, 5.74) is 8.75. The van der Waals surface area contributed by atoms with Gasteiger partial charge in [0, 0.05) is 27.6 Å². The lowest BCUT2D eigenvalue weighted by molar-refractivity contribution is 0.0738. The molecule has 1 aliphatic carbocycles. The minimum Gasteiger partial charge on any atom is -0.497 e. The number of aryl methyl sites for hydroxylation is 3. The molecule has 0 fully saturated rings. The normalized spacial score (nSPS) is 20.1. The first-order valence-electron chi connectivity index (χ1n) is 14.8. The third-order valence-corrected chi connectivity index (χ3v) is 9.12. The van der Waals surface area contributed by atoms with Crippen LogP contribution in [0.5, 0.6) is 11.5 Å². The SMILES string of the molecule is CCCC1(O)c2cc(C)ccc2-c2c1c1c(c3cc(C)ccc23)OC(c2ccc(C)cc2)(c2ccc(OC)cc2)C=C1. The van der Waals surface area contributed by atoms with Gasteiger partial charge >= 0.3 is 0 Å². The Morgan fingerprint density at radius 1 is 0.762 bits per heavy atom. The Bertz CT molecular complexity index is 1880. The third-order valence-electron chi connectivity index (χ3n) is 9.12. The van der Waals surface area contributed by atoms with Crippen molar-refractivity contribution in [1.82, 2.24) is 0 Å². The number of hydrogen-bond donors (Lipinski definition) is 1. The average molecular weight is 553 g/mol. The van der Waals surface area contributed by atoms with Crippen molar-refractivity contribution in [2.24, 2.45) is 0 Å². The molecule has 2 unspecified atom stereocenters. The van der Waals surface area contributed by atoms with Gasteiger partial charge in [-0.15, -0.1) is 0 Å². The van der Waals surface area contributed by atoms with Crippen LogP contribution in [0.1, 0.15) is 64.3 Å². The second-order valence-electron chi connectivity index (χ2n) is 12.0. The van der Waals surface area contributed by atoms with E-state index < -0.39 is 11.2 Å². The number of rotatable bonds is 5. The Hall–Kier alpha value is -4.34. The third kappa shape index (κ3) is 3.77. The molecular weight excluding hydrogens is 516 g/mol. The van der Waals surface area contributed by atoms with Crippen LogP contribution in [-0.2, 0) is 11.2 Å². The van der Waals surface area contributed by atoms with Crippen molar-refractivity contribution in [3.8, 4) is 22.6 Å². The van der Waals surface area contributed by atoms with Gasteiger partial charge in [-0.1, -0.05) is 103 Å². The van der Waals surface area contributed by atoms with E-state index in [2.05, 4.69) is 113 Å². The quantitative estimate of drug-likeness (QED) is 0.236. The summed E-state index contributed by atoms with van der Waals surface area (Å²) in [7, 11) is 1.68. The molecule has 210 valence electrons. The van der Waals surface area contributed by atoms with E-state index in [0.717, 1.165) is 73.2 Å². The maximum Gasteiger partial charge on any atom is 0.178 e. The first-order valence-corrected chi connectivity index (χ1v) is 14.8. The van der Waals surface area contributed by atoms with Gasteiger partial charge in [-0.25, -0.2) is 0 Å². The van der Waals surface area contributed by atoms with E-state index in [4.69, 9.17) is 9.47 Å². The lowest BCUT2D eigenvalue weighted by atomic mass is 9.79. The molecule has 5 aromatic carbocycles. The Kier molecular flexibility index (Phi) is 6.07.